The smallest absolute Gasteiger partial charge is 0.325 e. The van der Waals surface area contributed by atoms with E-state index in [0.29, 0.717) is 0 Å². The highest BCUT2D eigenvalue weighted by molar-refractivity contribution is 5.76. The van der Waals surface area contributed by atoms with Gasteiger partial charge in [-0.25, -0.2) is 0 Å². The summed E-state index contributed by atoms with van der Waals surface area (Å²) in [6.45, 7) is 9.37. The van der Waals surface area contributed by atoms with Crippen molar-refractivity contribution in [2.24, 2.45) is 0 Å². The Bertz CT molecular complexity index is 479. The van der Waals surface area contributed by atoms with Crippen molar-refractivity contribution >= 4 is 5.97 Å². The Morgan fingerprint density at radius 3 is 2.32 bits per heavy atom. The van der Waals surface area contributed by atoms with Crippen LogP contribution in [0.5, 0.6) is 0 Å². The van der Waals surface area contributed by atoms with Gasteiger partial charge in [0.05, 0.1) is 0 Å². The van der Waals surface area contributed by atoms with E-state index in [2.05, 4.69) is 23.2 Å². The minimum Gasteiger partial charge on any atom is -0.480 e. The number of nitrogens with zero attached hydrogens (tertiary/aromatic N) is 1. The molecule has 104 valence electrons. The van der Waals surface area contributed by atoms with E-state index in [4.69, 9.17) is 0 Å². The van der Waals surface area contributed by atoms with Crippen LogP contribution in [0.25, 0.3) is 0 Å². The highest BCUT2D eigenvalue weighted by Crippen LogP contribution is 2.27. The molecule has 1 aliphatic rings. The lowest BCUT2D eigenvalue weighted by Gasteiger charge is -2.33. The third-order valence-corrected chi connectivity index (χ3v) is 3.93. The van der Waals surface area contributed by atoms with E-state index >= 15 is 0 Å². The van der Waals surface area contributed by atoms with Crippen LogP contribution in [0, 0.1) is 20.8 Å². The molecule has 1 heterocycles. The topological polar surface area (TPSA) is 52.6 Å². The molecule has 0 aliphatic carbocycles. The van der Waals surface area contributed by atoms with Gasteiger partial charge in [-0.15, -0.1) is 0 Å². The molecule has 19 heavy (non-hydrogen) atoms. The van der Waals surface area contributed by atoms with Crippen LogP contribution in [0.4, 0.5) is 0 Å². The highest BCUT2D eigenvalue weighted by Gasteiger charge is 2.29. The number of carboxylic acids is 1. The molecule has 2 rings (SSSR count). The van der Waals surface area contributed by atoms with Gasteiger partial charge >= 0.3 is 5.97 Å². The molecule has 1 aromatic carbocycles. The van der Waals surface area contributed by atoms with E-state index in [-0.39, 0.29) is 0 Å². The molecular weight excluding hydrogens is 240 g/mol. The van der Waals surface area contributed by atoms with Crippen LogP contribution in [0.15, 0.2) is 12.1 Å². The molecule has 0 bridgehead atoms. The van der Waals surface area contributed by atoms with Crippen LogP contribution in [0.2, 0.25) is 0 Å². The molecule has 2 N–H and O–H groups in total. The Kier molecular flexibility index (Phi) is 4.22. The Morgan fingerprint density at radius 2 is 1.74 bits per heavy atom. The molecule has 0 amide bonds. The van der Waals surface area contributed by atoms with Gasteiger partial charge in [0.2, 0.25) is 0 Å². The first-order valence-corrected chi connectivity index (χ1v) is 6.76. The summed E-state index contributed by atoms with van der Waals surface area (Å²) in [6, 6.07) is 3.59. The van der Waals surface area contributed by atoms with Crippen molar-refractivity contribution in [3.63, 3.8) is 0 Å². The molecule has 4 heteroatoms. The number of aliphatic carboxylic acids is 1. The van der Waals surface area contributed by atoms with Gasteiger partial charge in [0.25, 0.3) is 0 Å². The quantitative estimate of drug-likeness (QED) is 0.869. The van der Waals surface area contributed by atoms with Crippen molar-refractivity contribution in [1.82, 2.24) is 10.2 Å². The normalized spacial score (nSPS) is 18.3. The molecule has 0 aromatic heterocycles. The molecule has 1 aliphatic heterocycles. The monoisotopic (exact) mass is 262 g/mol. The van der Waals surface area contributed by atoms with Crippen LogP contribution in [0.3, 0.4) is 0 Å². The fraction of sp³-hybridized carbons (Fsp3) is 0.533. The van der Waals surface area contributed by atoms with Gasteiger partial charge in [0.1, 0.15) is 6.04 Å². The fourth-order valence-corrected chi connectivity index (χ4v) is 2.70. The van der Waals surface area contributed by atoms with Crippen molar-refractivity contribution in [1.29, 1.82) is 0 Å². The number of aryl methyl sites for hydroxylation is 3. The maximum Gasteiger partial charge on any atom is 0.325 e. The maximum absolute atomic E-state index is 11.7. The lowest BCUT2D eigenvalue weighted by molar-refractivity contribution is -0.143. The molecule has 1 aromatic rings. The largest absolute Gasteiger partial charge is 0.480 e. The second kappa shape index (κ2) is 5.72. The summed E-state index contributed by atoms with van der Waals surface area (Å²) < 4.78 is 0. The van der Waals surface area contributed by atoms with Crippen molar-refractivity contribution in [3.05, 3.63) is 34.4 Å². The zero-order chi connectivity index (χ0) is 14.0. The fourth-order valence-electron chi connectivity index (χ4n) is 2.70. The molecule has 4 nitrogen and oxygen atoms in total. The van der Waals surface area contributed by atoms with E-state index in [0.717, 1.165) is 42.9 Å². The second-order valence-electron chi connectivity index (χ2n) is 5.32. The average Bonchev–Trinajstić information content (AvgIpc) is 2.37. The Hall–Kier alpha value is -1.39. The number of benzene rings is 1. The third-order valence-electron chi connectivity index (χ3n) is 3.93. The van der Waals surface area contributed by atoms with Crippen LogP contribution < -0.4 is 5.32 Å². The number of rotatable bonds is 3. The first-order valence-electron chi connectivity index (χ1n) is 6.76. The summed E-state index contributed by atoms with van der Waals surface area (Å²) >= 11 is 0. The van der Waals surface area contributed by atoms with Crippen LogP contribution in [0.1, 0.15) is 28.3 Å². The summed E-state index contributed by atoms with van der Waals surface area (Å²) in [5.74, 6) is -0.756. The minimum atomic E-state index is -0.756. The predicted molar refractivity (Wildman–Crippen MR) is 75.5 cm³/mol. The molecule has 1 saturated heterocycles. The molecule has 0 saturated carbocycles. The van der Waals surface area contributed by atoms with Crippen molar-refractivity contribution in [3.8, 4) is 0 Å². The zero-order valence-electron chi connectivity index (χ0n) is 11.9. The summed E-state index contributed by atoms with van der Waals surface area (Å²) in [6.07, 6.45) is 0. The lowest BCUT2D eigenvalue weighted by atomic mass is 9.94. The van der Waals surface area contributed by atoms with Gasteiger partial charge in [-0.05, 0) is 43.0 Å². The molecule has 1 unspecified atom stereocenters. The molecular formula is C15H22N2O2. The van der Waals surface area contributed by atoms with Gasteiger partial charge in [0, 0.05) is 26.2 Å². The Morgan fingerprint density at radius 1 is 1.16 bits per heavy atom. The number of hydrogen-bond acceptors (Lipinski definition) is 3. The van der Waals surface area contributed by atoms with E-state index < -0.39 is 12.0 Å². The van der Waals surface area contributed by atoms with Crippen LogP contribution >= 0.6 is 0 Å². The zero-order valence-corrected chi connectivity index (χ0v) is 11.9. The summed E-state index contributed by atoms with van der Waals surface area (Å²) in [4.78, 5) is 13.7. The summed E-state index contributed by atoms with van der Waals surface area (Å²) in [5, 5.41) is 12.9. The number of piperazine rings is 1. The molecule has 1 atom stereocenters. The Balaban J connectivity index is 2.38. The third kappa shape index (κ3) is 2.96. The SMILES string of the molecule is Cc1cc(C)c(C(C(=O)O)N2CCNCC2)cc1C. The standard InChI is InChI=1S/C15H22N2O2/c1-10-8-12(3)13(9-11(10)2)14(15(18)19)17-6-4-16-5-7-17/h8-9,14,16H,4-7H2,1-3H3,(H,18,19). The van der Waals surface area contributed by atoms with Gasteiger partial charge < -0.3 is 10.4 Å². The highest BCUT2D eigenvalue weighted by atomic mass is 16.4. The number of hydrogen-bond donors (Lipinski definition) is 2. The molecule has 0 spiro atoms. The number of carboxylic acid groups (broad SMARTS) is 1. The number of carbonyl (C=O) groups is 1. The van der Waals surface area contributed by atoms with Gasteiger partial charge in [0.15, 0.2) is 0 Å². The van der Waals surface area contributed by atoms with E-state index in [1.165, 1.54) is 5.56 Å². The lowest BCUT2D eigenvalue weighted by Crippen LogP contribution is -2.47. The minimum absolute atomic E-state index is 0.526. The van der Waals surface area contributed by atoms with Gasteiger partial charge in [-0.2, -0.15) is 0 Å². The predicted octanol–water partition coefficient (Wildman–Crippen LogP) is 1.64. The molecule has 0 radical (unpaired) electrons. The van der Waals surface area contributed by atoms with Gasteiger partial charge in [-0.1, -0.05) is 12.1 Å². The second-order valence-corrected chi connectivity index (χ2v) is 5.32. The summed E-state index contributed by atoms with van der Waals surface area (Å²) in [5.41, 5.74) is 4.36. The first-order chi connectivity index (χ1) is 9.00. The maximum atomic E-state index is 11.7. The number of nitrogens with one attached hydrogen (secondary N) is 1. The first kappa shape index (κ1) is 14.0. The van der Waals surface area contributed by atoms with E-state index in [9.17, 15) is 9.90 Å². The average molecular weight is 262 g/mol. The van der Waals surface area contributed by atoms with Crippen LogP contribution in [-0.4, -0.2) is 42.2 Å². The van der Waals surface area contributed by atoms with Crippen molar-refractivity contribution < 1.29 is 9.90 Å². The summed E-state index contributed by atoms with van der Waals surface area (Å²) in [7, 11) is 0. The van der Waals surface area contributed by atoms with E-state index in [1.54, 1.807) is 0 Å². The Labute approximate surface area is 114 Å². The van der Waals surface area contributed by atoms with Crippen molar-refractivity contribution in [2.75, 3.05) is 26.2 Å². The molecule has 1 fully saturated rings. The van der Waals surface area contributed by atoms with Crippen LogP contribution in [-0.2, 0) is 4.79 Å². The van der Waals surface area contributed by atoms with Crippen molar-refractivity contribution in [2.45, 2.75) is 26.8 Å². The van der Waals surface area contributed by atoms with E-state index in [1.807, 2.05) is 19.9 Å². The van der Waals surface area contributed by atoms with Gasteiger partial charge in [-0.3, -0.25) is 9.69 Å².